The minimum Gasteiger partial charge on any atom is -0.351 e. The Bertz CT molecular complexity index is 391. The maximum Gasteiger partial charge on any atom is 0.316 e. The van der Waals surface area contributed by atoms with Crippen molar-refractivity contribution in [3.8, 4) is 0 Å². The van der Waals surface area contributed by atoms with Gasteiger partial charge in [0, 0.05) is 0 Å². The van der Waals surface area contributed by atoms with E-state index >= 15 is 0 Å². The number of amides is 2. The maximum atomic E-state index is 13.2. The molecule has 0 unspecified atom stereocenters. The lowest BCUT2D eigenvalue weighted by atomic mass is 10.1. The quantitative estimate of drug-likeness (QED) is 0.716. The van der Waals surface area contributed by atoms with Gasteiger partial charge < -0.3 is 11.1 Å². The molecule has 0 saturated heterocycles. The Balaban J connectivity index is 3.25. The third-order valence-corrected chi connectivity index (χ3v) is 1.97. The van der Waals surface area contributed by atoms with Crippen molar-refractivity contribution in [2.24, 2.45) is 5.73 Å². The molecule has 0 spiro atoms. The molecule has 0 heterocycles. The highest BCUT2D eigenvalue weighted by Crippen LogP contribution is 2.23. The van der Waals surface area contributed by atoms with Crippen molar-refractivity contribution in [3.05, 3.63) is 28.8 Å². The molecule has 0 aliphatic carbocycles. The molecule has 1 aromatic carbocycles. The minimum atomic E-state index is -1.09. The first-order chi connectivity index (χ1) is 6.43. The highest BCUT2D eigenvalue weighted by molar-refractivity contribution is 5.88. The lowest BCUT2D eigenvalue weighted by Gasteiger charge is -2.08. The van der Waals surface area contributed by atoms with Crippen LogP contribution in [0.3, 0.4) is 0 Å². The second-order valence-corrected chi connectivity index (χ2v) is 2.98. The summed E-state index contributed by atoms with van der Waals surface area (Å²) in [6.45, 7) is 3.08. The molecule has 2 amide bonds. The van der Waals surface area contributed by atoms with Crippen LogP contribution in [0.1, 0.15) is 11.1 Å². The molecule has 1 aromatic rings. The van der Waals surface area contributed by atoms with E-state index in [4.69, 9.17) is 5.73 Å². The number of hydrogen-bond donors (Lipinski definition) is 2. The number of anilines is 1. The van der Waals surface area contributed by atoms with Crippen molar-refractivity contribution in [1.82, 2.24) is 0 Å². The topological polar surface area (TPSA) is 55.1 Å². The summed E-state index contributed by atoms with van der Waals surface area (Å²) in [5, 5.41) is 2.01. The Morgan fingerprint density at radius 2 is 1.93 bits per heavy atom. The first-order valence-corrected chi connectivity index (χ1v) is 3.95. The SMILES string of the molecule is Cc1cc(NC(N)=O)c(F)c(F)c1C. The first-order valence-electron chi connectivity index (χ1n) is 3.95. The number of benzene rings is 1. The molecule has 0 aromatic heterocycles. The lowest BCUT2D eigenvalue weighted by molar-refractivity contribution is 0.259. The van der Waals surface area contributed by atoms with Crippen molar-refractivity contribution in [3.63, 3.8) is 0 Å². The molecule has 3 N–H and O–H groups in total. The van der Waals surface area contributed by atoms with Crippen LogP contribution < -0.4 is 11.1 Å². The fourth-order valence-corrected chi connectivity index (χ4v) is 1.07. The van der Waals surface area contributed by atoms with Crippen LogP contribution in [0.25, 0.3) is 0 Å². The molecule has 3 nitrogen and oxygen atoms in total. The number of hydrogen-bond acceptors (Lipinski definition) is 1. The third-order valence-electron chi connectivity index (χ3n) is 1.97. The van der Waals surface area contributed by atoms with E-state index < -0.39 is 17.7 Å². The zero-order chi connectivity index (χ0) is 10.9. The van der Waals surface area contributed by atoms with Gasteiger partial charge in [-0.3, -0.25) is 0 Å². The number of aryl methyl sites for hydroxylation is 1. The van der Waals surface area contributed by atoms with Gasteiger partial charge in [0.25, 0.3) is 0 Å². The molecule has 5 heteroatoms. The second kappa shape index (κ2) is 3.61. The van der Waals surface area contributed by atoms with Crippen LogP contribution in [0, 0.1) is 25.5 Å². The molecule has 14 heavy (non-hydrogen) atoms. The molecule has 0 aliphatic rings. The van der Waals surface area contributed by atoms with Crippen LogP contribution >= 0.6 is 0 Å². The standard InChI is InChI=1S/C9H10F2N2O/c1-4-3-6(13-9(12)14)8(11)7(10)5(4)2/h3H,1-2H3,(H3,12,13,14). The molecule has 1 rings (SSSR count). The van der Waals surface area contributed by atoms with Gasteiger partial charge in [0.15, 0.2) is 11.6 Å². The van der Waals surface area contributed by atoms with Crippen LogP contribution in [0.4, 0.5) is 19.3 Å². The summed E-state index contributed by atoms with van der Waals surface area (Å²) in [4.78, 5) is 10.5. The van der Waals surface area contributed by atoms with E-state index in [-0.39, 0.29) is 11.3 Å². The van der Waals surface area contributed by atoms with Gasteiger partial charge in [-0.05, 0) is 31.0 Å². The molecular weight excluding hydrogens is 190 g/mol. The monoisotopic (exact) mass is 200 g/mol. The summed E-state index contributed by atoms with van der Waals surface area (Å²) >= 11 is 0. The van der Waals surface area contributed by atoms with E-state index in [1.165, 1.54) is 13.0 Å². The van der Waals surface area contributed by atoms with Gasteiger partial charge in [0.1, 0.15) is 0 Å². The zero-order valence-electron chi connectivity index (χ0n) is 7.82. The molecule has 0 fully saturated rings. The summed E-state index contributed by atoms with van der Waals surface area (Å²) in [7, 11) is 0. The highest BCUT2D eigenvalue weighted by Gasteiger charge is 2.14. The summed E-state index contributed by atoms with van der Waals surface area (Å²) in [5.74, 6) is -2.05. The van der Waals surface area contributed by atoms with E-state index in [1.54, 1.807) is 6.92 Å². The van der Waals surface area contributed by atoms with E-state index in [9.17, 15) is 13.6 Å². The summed E-state index contributed by atoms with van der Waals surface area (Å²) < 4.78 is 26.3. The number of nitrogens with two attached hydrogens (primary N) is 1. The van der Waals surface area contributed by atoms with Gasteiger partial charge in [0.2, 0.25) is 0 Å². The van der Waals surface area contributed by atoms with Gasteiger partial charge in [-0.15, -0.1) is 0 Å². The fraction of sp³-hybridized carbons (Fsp3) is 0.222. The smallest absolute Gasteiger partial charge is 0.316 e. The number of urea groups is 1. The second-order valence-electron chi connectivity index (χ2n) is 2.98. The lowest BCUT2D eigenvalue weighted by Crippen LogP contribution is -2.20. The van der Waals surface area contributed by atoms with Crippen molar-refractivity contribution < 1.29 is 13.6 Å². The average Bonchev–Trinajstić information content (AvgIpc) is 2.10. The Hall–Kier alpha value is -1.65. The molecule has 0 bridgehead atoms. The Morgan fingerprint density at radius 3 is 2.43 bits per heavy atom. The van der Waals surface area contributed by atoms with E-state index in [2.05, 4.69) is 0 Å². The largest absolute Gasteiger partial charge is 0.351 e. The van der Waals surface area contributed by atoms with Crippen molar-refractivity contribution in [1.29, 1.82) is 0 Å². The number of rotatable bonds is 1. The van der Waals surface area contributed by atoms with Crippen LogP contribution in [-0.2, 0) is 0 Å². The van der Waals surface area contributed by atoms with E-state index in [0.717, 1.165) is 0 Å². The van der Waals surface area contributed by atoms with Crippen LogP contribution in [0.5, 0.6) is 0 Å². The fourth-order valence-electron chi connectivity index (χ4n) is 1.07. The average molecular weight is 200 g/mol. The number of nitrogens with one attached hydrogen (secondary N) is 1. The van der Waals surface area contributed by atoms with E-state index in [1.807, 2.05) is 5.32 Å². The summed E-state index contributed by atoms with van der Waals surface area (Å²) in [6.07, 6.45) is 0. The first kappa shape index (κ1) is 10.4. The van der Waals surface area contributed by atoms with Crippen LogP contribution in [0.15, 0.2) is 6.07 Å². The minimum absolute atomic E-state index is 0.220. The van der Waals surface area contributed by atoms with Crippen LogP contribution in [0.2, 0.25) is 0 Å². The zero-order valence-corrected chi connectivity index (χ0v) is 7.82. The van der Waals surface area contributed by atoms with Gasteiger partial charge in [-0.2, -0.15) is 0 Å². The third kappa shape index (κ3) is 1.81. The van der Waals surface area contributed by atoms with Gasteiger partial charge in [0.05, 0.1) is 5.69 Å². The molecule has 76 valence electrons. The Morgan fingerprint density at radius 1 is 1.36 bits per heavy atom. The van der Waals surface area contributed by atoms with Crippen LogP contribution in [-0.4, -0.2) is 6.03 Å². The maximum absolute atomic E-state index is 13.2. The normalized spacial score (nSPS) is 10.0. The predicted octanol–water partition coefficient (Wildman–Crippen LogP) is 2.07. The molecule has 0 atom stereocenters. The van der Waals surface area contributed by atoms with Crippen molar-refractivity contribution >= 4 is 11.7 Å². The van der Waals surface area contributed by atoms with E-state index in [0.29, 0.717) is 5.56 Å². The summed E-state index contributed by atoms with van der Waals surface area (Å²) in [5.41, 5.74) is 5.32. The number of carbonyl (C=O) groups is 1. The Labute approximate surface area is 79.9 Å². The van der Waals surface area contributed by atoms with Crippen molar-refractivity contribution in [2.75, 3.05) is 5.32 Å². The molecular formula is C9H10F2N2O. The van der Waals surface area contributed by atoms with Crippen molar-refractivity contribution in [2.45, 2.75) is 13.8 Å². The van der Waals surface area contributed by atoms with Gasteiger partial charge in [-0.1, -0.05) is 0 Å². The molecule has 0 aliphatic heterocycles. The highest BCUT2D eigenvalue weighted by atomic mass is 19.2. The van der Waals surface area contributed by atoms with Gasteiger partial charge >= 0.3 is 6.03 Å². The number of halogens is 2. The Kier molecular flexibility index (Phi) is 2.69. The van der Waals surface area contributed by atoms with Gasteiger partial charge in [-0.25, -0.2) is 13.6 Å². The molecule has 0 radical (unpaired) electrons. The molecule has 0 saturated carbocycles. The number of primary amides is 1. The predicted molar refractivity (Wildman–Crippen MR) is 49.0 cm³/mol. The summed E-state index contributed by atoms with van der Waals surface area (Å²) in [6, 6.07) is 0.407. The number of carbonyl (C=O) groups excluding carboxylic acids is 1.